The number of ether oxygens (including phenoxy) is 1. The van der Waals surface area contributed by atoms with Crippen molar-refractivity contribution < 1.29 is 19.6 Å². The maximum absolute atomic E-state index is 13.7. The van der Waals surface area contributed by atoms with Crippen molar-refractivity contribution in [1.82, 2.24) is 0 Å². The van der Waals surface area contributed by atoms with Gasteiger partial charge in [0.25, 0.3) is 5.69 Å². The van der Waals surface area contributed by atoms with E-state index < -0.39 is 10.8 Å². The zero-order valence-electron chi connectivity index (χ0n) is 21.7. The van der Waals surface area contributed by atoms with E-state index in [0.717, 1.165) is 0 Å². The minimum atomic E-state index is -0.863. The van der Waals surface area contributed by atoms with Gasteiger partial charge in [-0.2, -0.15) is 0 Å². The van der Waals surface area contributed by atoms with Gasteiger partial charge in [0.1, 0.15) is 17.3 Å². The zero-order chi connectivity index (χ0) is 28.7. The molecular weight excluding hydrogens is 553 g/mol. The number of aliphatic hydroxyl groups is 1. The summed E-state index contributed by atoms with van der Waals surface area (Å²) in [5.74, 6) is -0.753. The molecule has 40 heavy (non-hydrogen) atoms. The molecule has 0 bridgehead atoms. The number of hydrogen-bond acceptors (Lipinski definition) is 6. The first-order valence-corrected chi connectivity index (χ1v) is 13.3. The number of nitrogens with zero attached hydrogens (tertiary/aromatic N) is 2. The van der Waals surface area contributed by atoms with Gasteiger partial charge in [-0.3, -0.25) is 25.2 Å². The van der Waals surface area contributed by atoms with Crippen LogP contribution in [0.3, 0.4) is 0 Å². The van der Waals surface area contributed by atoms with Crippen LogP contribution in [0.4, 0.5) is 11.4 Å². The number of rotatable bonds is 5. The van der Waals surface area contributed by atoms with Crippen molar-refractivity contribution in [2.24, 2.45) is 0 Å². The highest BCUT2D eigenvalue weighted by molar-refractivity contribution is 6.35. The number of ketones is 1. The number of aliphatic hydroxyl groups excluding tert-OH is 1. The van der Waals surface area contributed by atoms with Crippen LogP contribution in [0.1, 0.15) is 41.9 Å². The lowest BCUT2D eigenvalue weighted by Gasteiger charge is -2.42. The smallest absolute Gasteiger partial charge is 0.271 e. The number of anilines is 1. The number of hydrogen-bond donors (Lipinski definition) is 2. The first-order chi connectivity index (χ1) is 19.1. The van der Waals surface area contributed by atoms with E-state index in [1.165, 1.54) is 19.2 Å². The van der Waals surface area contributed by atoms with Crippen molar-refractivity contribution in [3.05, 3.63) is 114 Å². The third-order valence-electron chi connectivity index (χ3n) is 7.29. The second-order valence-corrected chi connectivity index (χ2v) is 10.5. The second kappa shape index (κ2) is 10.8. The summed E-state index contributed by atoms with van der Waals surface area (Å²) in [5, 5.41) is 33.6. The van der Waals surface area contributed by atoms with Gasteiger partial charge in [0.05, 0.1) is 17.7 Å². The van der Waals surface area contributed by atoms with Crippen molar-refractivity contribution >= 4 is 52.0 Å². The average Bonchev–Trinajstić information content (AvgIpc) is 2.93. The van der Waals surface area contributed by atoms with E-state index in [1.807, 2.05) is 0 Å². The molecule has 2 aliphatic rings. The van der Waals surface area contributed by atoms with E-state index in [9.17, 15) is 25.4 Å². The fourth-order valence-electron chi connectivity index (χ4n) is 5.36. The Morgan fingerprint density at radius 3 is 2.48 bits per heavy atom. The number of amidine groups is 1. The van der Waals surface area contributed by atoms with Crippen LogP contribution in [0.15, 0.2) is 77.5 Å². The van der Waals surface area contributed by atoms with E-state index in [1.54, 1.807) is 60.4 Å². The average molecular weight is 578 g/mol. The largest absolute Gasteiger partial charge is 0.507 e. The number of Topliss-reactive ketones (excluding diaryl/α,β-unsaturated/α-hetero) is 1. The Bertz CT molecular complexity index is 1630. The maximum Gasteiger partial charge on any atom is 0.271 e. The Morgan fingerprint density at radius 2 is 1.82 bits per heavy atom. The molecule has 3 aromatic carbocycles. The van der Waals surface area contributed by atoms with Gasteiger partial charge in [-0.1, -0.05) is 35.3 Å². The Morgan fingerprint density at radius 1 is 1.10 bits per heavy atom. The second-order valence-electron chi connectivity index (χ2n) is 9.64. The molecule has 10 heteroatoms. The summed E-state index contributed by atoms with van der Waals surface area (Å²) in [6.45, 7) is 1.78. The molecule has 1 aliphatic heterocycles. The number of nitro benzene ring substituents is 1. The lowest BCUT2D eigenvalue weighted by atomic mass is 9.73. The van der Waals surface area contributed by atoms with Gasteiger partial charge in [0.2, 0.25) is 0 Å². The number of nitrogens with one attached hydrogen (secondary N) is 1. The van der Waals surface area contributed by atoms with Crippen LogP contribution in [0.25, 0.3) is 5.76 Å². The van der Waals surface area contributed by atoms with Crippen LogP contribution in [0.5, 0.6) is 5.75 Å². The topological polar surface area (TPSA) is 117 Å². The number of aryl methyl sites for hydroxylation is 1. The molecule has 0 radical (unpaired) electrons. The Labute approximate surface area is 240 Å². The highest BCUT2D eigenvalue weighted by atomic mass is 35.5. The van der Waals surface area contributed by atoms with Gasteiger partial charge >= 0.3 is 0 Å². The minimum Gasteiger partial charge on any atom is -0.507 e. The summed E-state index contributed by atoms with van der Waals surface area (Å²) in [6.07, 6.45) is 1.30. The third kappa shape index (κ3) is 4.74. The summed E-state index contributed by atoms with van der Waals surface area (Å²) in [5.41, 5.74) is 2.94. The highest BCUT2D eigenvalue weighted by Crippen LogP contribution is 2.50. The zero-order valence-corrected chi connectivity index (χ0v) is 23.2. The molecule has 3 aromatic rings. The molecule has 204 valence electrons. The molecule has 2 N–H and O–H groups in total. The standard InChI is InChI=1S/C30H25Cl2N3O5/c1-16-6-10-19(35(38)39)15-24(16)34-23-4-3-5-25(36)27(23)26(21-13-9-18(31)14-22(21)32)28(30(34)33)29(37)17-7-11-20(40-2)12-8-17/h6-15,26,33,37H,3-5H2,1-2H3/b29-28+,33-30?. The predicted molar refractivity (Wildman–Crippen MR) is 156 cm³/mol. The number of nitro groups is 1. The van der Waals surface area contributed by atoms with Crippen molar-refractivity contribution in [2.75, 3.05) is 12.0 Å². The van der Waals surface area contributed by atoms with Crippen molar-refractivity contribution in [2.45, 2.75) is 32.1 Å². The lowest BCUT2D eigenvalue weighted by molar-refractivity contribution is -0.384. The van der Waals surface area contributed by atoms with E-state index in [0.29, 0.717) is 57.3 Å². The van der Waals surface area contributed by atoms with Crippen LogP contribution in [-0.4, -0.2) is 28.8 Å². The molecule has 0 aromatic heterocycles. The van der Waals surface area contributed by atoms with Crippen LogP contribution < -0.4 is 9.64 Å². The van der Waals surface area contributed by atoms with E-state index >= 15 is 0 Å². The molecule has 1 heterocycles. The number of carbonyl (C=O) groups is 1. The predicted octanol–water partition coefficient (Wildman–Crippen LogP) is 7.78. The van der Waals surface area contributed by atoms with Gasteiger partial charge in [-0.25, -0.2) is 0 Å². The summed E-state index contributed by atoms with van der Waals surface area (Å²) in [6, 6.07) is 16.0. The van der Waals surface area contributed by atoms with Crippen molar-refractivity contribution in [3.63, 3.8) is 0 Å². The normalized spacial score (nSPS) is 18.5. The molecule has 1 atom stereocenters. The van der Waals surface area contributed by atoms with Crippen LogP contribution in [-0.2, 0) is 4.79 Å². The number of halogens is 2. The summed E-state index contributed by atoms with van der Waals surface area (Å²) < 4.78 is 5.25. The molecule has 0 spiro atoms. The monoisotopic (exact) mass is 577 g/mol. The summed E-state index contributed by atoms with van der Waals surface area (Å²) in [4.78, 5) is 26.4. The fraction of sp³-hybridized carbons (Fsp3) is 0.200. The third-order valence-corrected chi connectivity index (χ3v) is 7.85. The SMILES string of the molecule is COc1ccc(/C(O)=C2\C(=N)N(c3cc([N+](=O)[O-])ccc3C)C3=C(C(=O)CCC3)C2c2ccc(Cl)cc2Cl)cc1. The van der Waals surface area contributed by atoms with Gasteiger partial charge in [0.15, 0.2) is 5.78 Å². The van der Waals surface area contributed by atoms with Gasteiger partial charge in [0, 0.05) is 56.9 Å². The maximum atomic E-state index is 13.7. The van der Waals surface area contributed by atoms with E-state index in [2.05, 4.69) is 0 Å². The summed E-state index contributed by atoms with van der Waals surface area (Å²) in [7, 11) is 1.53. The van der Waals surface area contributed by atoms with Crippen molar-refractivity contribution in [1.29, 1.82) is 5.41 Å². The van der Waals surface area contributed by atoms with Crippen molar-refractivity contribution in [3.8, 4) is 5.75 Å². The first-order valence-electron chi connectivity index (χ1n) is 12.5. The van der Waals surface area contributed by atoms with Gasteiger partial charge in [-0.15, -0.1) is 0 Å². The molecule has 0 saturated heterocycles. The quantitative estimate of drug-likeness (QED) is 0.181. The molecule has 5 rings (SSSR count). The molecule has 0 fully saturated rings. The minimum absolute atomic E-state index is 0.110. The number of carbonyl (C=O) groups excluding carboxylic acids is 1. The van der Waals surface area contributed by atoms with E-state index in [4.69, 9.17) is 27.9 Å². The number of non-ortho nitro benzene ring substituents is 1. The lowest BCUT2D eigenvalue weighted by Crippen LogP contribution is -2.42. The molecule has 0 saturated carbocycles. The Kier molecular flexibility index (Phi) is 7.40. The van der Waals surface area contributed by atoms with Crippen LogP contribution in [0, 0.1) is 22.4 Å². The fourth-order valence-corrected chi connectivity index (χ4v) is 5.88. The van der Waals surface area contributed by atoms with Crippen LogP contribution in [0.2, 0.25) is 10.0 Å². The molecule has 0 amide bonds. The molecule has 8 nitrogen and oxygen atoms in total. The van der Waals surface area contributed by atoms with Gasteiger partial charge in [-0.05, 0) is 67.3 Å². The van der Waals surface area contributed by atoms with Crippen LogP contribution >= 0.6 is 23.2 Å². The molecular formula is C30H25Cl2N3O5. The van der Waals surface area contributed by atoms with E-state index in [-0.39, 0.29) is 40.1 Å². The Balaban J connectivity index is 1.86. The highest BCUT2D eigenvalue weighted by Gasteiger charge is 2.44. The summed E-state index contributed by atoms with van der Waals surface area (Å²) >= 11 is 12.9. The first kappa shape index (κ1) is 27.4. The number of methoxy groups -OCH3 is 1. The van der Waals surface area contributed by atoms with Gasteiger partial charge < -0.3 is 9.84 Å². The Hall–Kier alpha value is -4.14. The number of benzene rings is 3. The molecule has 1 unspecified atom stereocenters. The number of allylic oxidation sites excluding steroid dienone is 2. The molecule has 1 aliphatic carbocycles.